The number of hydrogen-bond acceptors (Lipinski definition) is 4. The van der Waals surface area contributed by atoms with E-state index in [1.807, 2.05) is 18.2 Å². The summed E-state index contributed by atoms with van der Waals surface area (Å²) in [6.45, 7) is 1.77. The number of carboxylic acids is 1. The Bertz CT molecular complexity index is 803. The van der Waals surface area contributed by atoms with E-state index in [0.717, 1.165) is 17.3 Å². The molecule has 1 aliphatic carbocycles. The molecule has 24 heavy (non-hydrogen) atoms. The van der Waals surface area contributed by atoms with Crippen molar-refractivity contribution in [2.24, 2.45) is 5.92 Å². The number of aromatic nitrogens is 1. The largest absolute Gasteiger partial charge is 0.497 e. The van der Waals surface area contributed by atoms with E-state index < -0.39 is 11.9 Å². The van der Waals surface area contributed by atoms with E-state index in [-0.39, 0.29) is 11.9 Å². The molecule has 0 spiro atoms. The second-order valence-corrected chi connectivity index (χ2v) is 6.14. The van der Waals surface area contributed by atoms with Crippen LogP contribution in [0.5, 0.6) is 5.75 Å². The number of ether oxygens (including phenoxy) is 1. The molecule has 2 N–H and O–H groups in total. The van der Waals surface area contributed by atoms with Crippen LogP contribution in [-0.2, 0) is 4.79 Å². The molecule has 2 atom stereocenters. The number of fused-ring (bicyclic) bond motifs is 1. The predicted octanol–water partition coefficient (Wildman–Crippen LogP) is 2.53. The van der Waals surface area contributed by atoms with Gasteiger partial charge in [0.25, 0.3) is 5.91 Å². The molecule has 1 heterocycles. The lowest BCUT2D eigenvalue weighted by molar-refractivity contribution is -0.142. The molecule has 6 heteroatoms. The fraction of sp³-hybridized carbons (Fsp3) is 0.389. The number of nitrogens with zero attached hydrogens (tertiary/aromatic N) is 1. The fourth-order valence-electron chi connectivity index (χ4n) is 3.27. The van der Waals surface area contributed by atoms with Crippen LogP contribution in [0.15, 0.2) is 24.3 Å². The number of aryl methyl sites for hydroxylation is 1. The molecule has 0 unspecified atom stereocenters. The minimum absolute atomic E-state index is 0.268. The van der Waals surface area contributed by atoms with E-state index in [2.05, 4.69) is 10.3 Å². The summed E-state index contributed by atoms with van der Waals surface area (Å²) in [5.41, 5.74) is 1.84. The molecule has 3 rings (SSSR count). The van der Waals surface area contributed by atoms with E-state index >= 15 is 0 Å². The highest BCUT2D eigenvalue weighted by Crippen LogP contribution is 2.27. The first-order chi connectivity index (χ1) is 11.5. The van der Waals surface area contributed by atoms with Crippen LogP contribution in [0.3, 0.4) is 0 Å². The Balaban J connectivity index is 1.87. The summed E-state index contributed by atoms with van der Waals surface area (Å²) in [5, 5.41) is 12.9. The van der Waals surface area contributed by atoms with E-state index in [1.165, 1.54) is 0 Å². The van der Waals surface area contributed by atoms with Gasteiger partial charge in [0.15, 0.2) is 0 Å². The van der Waals surface area contributed by atoms with Crippen molar-refractivity contribution in [3.8, 4) is 5.75 Å². The van der Waals surface area contributed by atoms with Crippen molar-refractivity contribution >= 4 is 22.8 Å². The molecule has 2 aromatic rings. The maximum atomic E-state index is 12.6. The number of rotatable bonds is 4. The third-order valence-electron chi connectivity index (χ3n) is 4.61. The average Bonchev–Trinajstić information content (AvgIpc) is 3.01. The summed E-state index contributed by atoms with van der Waals surface area (Å²) in [6, 6.07) is 6.96. The second-order valence-electron chi connectivity index (χ2n) is 6.14. The van der Waals surface area contributed by atoms with Gasteiger partial charge in [0.05, 0.1) is 29.8 Å². The lowest BCUT2D eigenvalue weighted by Gasteiger charge is -2.18. The number of hydrogen-bond donors (Lipinski definition) is 2. The molecule has 0 aliphatic heterocycles. The monoisotopic (exact) mass is 328 g/mol. The quantitative estimate of drug-likeness (QED) is 0.900. The summed E-state index contributed by atoms with van der Waals surface area (Å²) in [4.78, 5) is 28.3. The number of carbonyl (C=O) groups excluding carboxylic acids is 1. The lowest BCUT2D eigenvalue weighted by atomic mass is 10.0. The van der Waals surface area contributed by atoms with Crippen LogP contribution in [-0.4, -0.2) is 35.1 Å². The van der Waals surface area contributed by atoms with Crippen LogP contribution >= 0.6 is 0 Å². The maximum Gasteiger partial charge on any atom is 0.308 e. The van der Waals surface area contributed by atoms with Gasteiger partial charge in [0.1, 0.15) is 5.75 Å². The van der Waals surface area contributed by atoms with Gasteiger partial charge in [-0.05, 0) is 38.0 Å². The SMILES string of the molecule is COc1ccc2cc(C(=O)N[C@@H]3CCC[C@@H]3C(=O)O)c(C)nc2c1. The first-order valence-corrected chi connectivity index (χ1v) is 7.98. The zero-order chi connectivity index (χ0) is 17.3. The number of pyridine rings is 1. The summed E-state index contributed by atoms with van der Waals surface area (Å²) < 4.78 is 5.19. The standard InChI is InChI=1S/C18H20N2O4/c1-10-14(8-11-6-7-12(24-2)9-16(11)19-10)17(21)20-15-5-3-4-13(15)18(22)23/h6-9,13,15H,3-5H2,1-2H3,(H,20,21)(H,22,23)/t13-,15+/m0/s1. The van der Waals surface area contributed by atoms with Crippen molar-refractivity contribution in [1.29, 1.82) is 0 Å². The molecule has 1 fully saturated rings. The van der Waals surface area contributed by atoms with Gasteiger partial charge >= 0.3 is 5.97 Å². The van der Waals surface area contributed by atoms with Gasteiger partial charge in [-0.25, -0.2) is 0 Å². The van der Waals surface area contributed by atoms with Crippen molar-refractivity contribution < 1.29 is 19.4 Å². The molecule has 1 aliphatic rings. The normalized spacial score (nSPS) is 20.1. The number of aliphatic carboxylic acids is 1. The van der Waals surface area contributed by atoms with Gasteiger partial charge in [-0.1, -0.05) is 6.42 Å². The van der Waals surface area contributed by atoms with Crippen LogP contribution in [0, 0.1) is 12.8 Å². The molecular formula is C18H20N2O4. The molecule has 1 aromatic heterocycles. The molecule has 1 amide bonds. The number of carboxylic acid groups (broad SMARTS) is 1. The highest BCUT2D eigenvalue weighted by molar-refractivity contribution is 5.99. The van der Waals surface area contributed by atoms with Gasteiger partial charge in [-0.2, -0.15) is 0 Å². The van der Waals surface area contributed by atoms with Crippen LogP contribution in [0.1, 0.15) is 35.3 Å². The van der Waals surface area contributed by atoms with Gasteiger partial charge in [0, 0.05) is 17.5 Å². The minimum atomic E-state index is -0.849. The number of amides is 1. The van der Waals surface area contributed by atoms with Crippen molar-refractivity contribution in [3.05, 3.63) is 35.5 Å². The molecule has 1 aromatic carbocycles. The summed E-state index contributed by atoms with van der Waals surface area (Å²) >= 11 is 0. The minimum Gasteiger partial charge on any atom is -0.497 e. The van der Waals surface area contributed by atoms with Crippen LogP contribution in [0.2, 0.25) is 0 Å². The zero-order valence-electron chi connectivity index (χ0n) is 13.7. The van der Waals surface area contributed by atoms with E-state index in [9.17, 15) is 14.7 Å². The summed E-state index contributed by atoms with van der Waals surface area (Å²) in [6.07, 6.45) is 2.12. The van der Waals surface area contributed by atoms with Crippen LogP contribution < -0.4 is 10.1 Å². The van der Waals surface area contributed by atoms with Crippen molar-refractivity contribution in [2.45, 2.75) is 32.2 Å². The first-order valence-electron chi connectivity index (χ1n) is 7.98. The van der Waals surface area contributed by atoms with E-state index in [1.54, 1.807) is 20.1 Å². The Morgan fingerprint density at radius 1 is 1.29 bits per heavy atom. The zero-order valence-corrected chi connectivity index (χ0v) is 13.7. The number of carbonyl (C=O) groups is 2. The van der Waals surface area contributed by atoms with Crippen molar-refractivity contribution in [2.75, 3.05) is 7.11 Å². The Labute approximate surface area is 139 Å². The highest BCUT2D eigenvalue weighted by Gasteiger charge is 2.34. The highest BCUT2D eigenvalue weighted by atomic mass is 16.5. The van der Waals surface area contributed by atoms with Crippen molar-refractivity contribution in [1.82, 2.24) is 10.3 Å². The third kappa shape index (κ3) is 3.04. The molecule has 0 saturated heterocycles. The topological polar surface area (TPSA) is 88.5 Å². The molecular weight excluding hydrogens is 308 g/mol. The van der Waals surface area contributed by atoms with Gasteiger partial charge in [-0.3, -0.25) is 14.6 Å². The molecule has 0 bridgehead atoms. The number of nitrogens with one attached hydrogen (secondary N) is 1. The second kappa shape index (κ2) is 6.47. The molecule has 0 radical (unpaired) electrons. The van der Waals surface area contributed by atoms with Crippen LogP contribution in [0.4, 0.5) is 0 Å². The molecule has 1 saturated carbocycles. The van der Waals surface area contributed by atoms with E-state index in [4.69, 9.17) is 4.74 Å². The summed E-state index contributed by atoms with van der Waals surface area (Å²) in [5.74, 6) is -0.914. The Morgan fingerprint density at radius 3 is 2.79 bits per heavy atom. The lowest BCUT2D eigenvalue weighted by Crippen LogP contribution is -2.40. The Morgan fingerprint density at radius 2 is 2.08 bits per heavy atom. The van der Waals surface area contributed by atoms with Crippen LogP contribution in [0.25, 0.3) is 10.9 Å². The predicted molar refractivity (Wildman–Crippen MR) is 89.3 cm³/mol. The first kappa shape index (κ1) is 16.2. The Kier molecular flexibility index (Phi) is 4.38. The van der Waals surface area contributed by atoms with Gasteiger partial charge in [0.2, 0.25) is 0 Å². The smallest absolute Gasteiger partial charge is 0.308 e. The number of benzene rings is 1. The fourth-order valence-corrected chi connectivity index (χ4v) is 3.27. The van der Waals surface area contributed by atoms with Crippen molar-refractivity contribution in [3.63, 3.8) is 0 Å². The third-order valence-corrected chi connectivity index (χ3v) is 4.61. The number of methoxy groups -OCH3 is 1. The average molecular weight is 328 g/mol. The Hall–Kier alpha value is -2.63. The molecule has 126 valence electrons. The maximum absolute atomic E-state index is 12.6. The van der Waals surface area contributed by atoms with Gasteiger partial charge in [-0.15, -0.1) is 0 Å². The van der Waals surface area contributed by atoms with E-state index in [0.29, 0.717) is 29.8 Å². The summed E-state index contributed by atoms with van der Waals surface area (Å²) in [7, 11) is 1.59. The molecule has 6 nitrogen and oxygen atoms in total. The van der Waals surface area contributed by atoms with Gasteiger partial charge < -0.3 is 15.2 Å².